The summed E-state index contributed by atoms with van der Waals surface area (Å²) in [5.74, 6) is -2.48. The van der Waals surface area contributed by atoms with Gasteiger partial charge >= 0.3 is 0 Å². The van der Waals surface area contributed by atoms with Crippen LogP contribution in [0.4, 0.5) is 20.2 Å². The number of amides is 2. The molecule has 1 aromatic heterocycles. The number of benzene rings is 2. The third-order valence-corrected chi connectivity index (χ3v) is 3.78. The Hall–Kier alpha value is -3.00. The number of hydrogen-bond donors (Lipinski definition) is 2. The van der Waals surface area contributed by atoms with Crippen molar-refractivity contribution in [2.75, 3.05) is 10.6 Å². The zero-order valence-electron chi connectivity index (χ0n) is 13.1. The summed E-state index contributed by atoms with van der Waals surface area (Å²) in [6.07, 6.45) is 0. The third-order valence-electron chi connectivity index (χ3n) is 3.36. The average molecular weight is 421 g/mol. The van der Waals surface area contributed by atoms with E-state index in [-0.39, 0.29) is 17.0 Å². The van der Waals surface area contributed by atoms with Crippen LogP contribution in [0.5, 0.6) is 0 Å². The van der Waals surface area contributed by atoms with E-state index in [2.05, 4.69) is 26.6 Å². The second-order valence-corrected chi connectivity index (χ2v) is 6.00. The molecule has 26 heavy (non-hydrogen) atoms. The summed E-state index contributed by atoms with van der Waals surface area (Å²) in [6.45, 7) is 0. The van der Waals surface area contributed by atoms with Gasteiger partial charge in [-0.15, -0.1) is 0 Å². The van der Waals surface area contributed by atoms with Crippen molar-refractivity contribution < 1.29 is 22.8 Å². The standard InChI is InChI=1S/C18H11BrF2N2O3/c19-16-7-6-15(26-16)18(25)22-12-3-1-2-10(8-12)17(24)23-14-9-11(20)4-5-13(14)21/h1-9H,(H,22,25)(H,23,24). The molecule has 0 atom stereocenters. The molecular formula is C18H11BrF2N2O3. The molecule has 0 bridgehead atoms. The van der Waals surface area contributed by atoms with E-state index in [9.17, 15) is 18.4 Å². The first-order chi connectivity index (χ1) is 12.4. The van der Waals surface area contributed by atoms with Crippen molar-refractivity contribution in [3.8, 4) is 0 Å². The lowest BCUT2D eigenvalue weighted by Crippen LogP contribution is -2.15. The van der Waals surface area contributed by atoms with Gasteiger partial charge in [0, 0.05) is 17.3 Å². The minimum Gasteiger partial charge on any atom is -0.444 e. The fraction of sp³-hybridized carbons (Fsp3) is 0. The summed E-state index contributed by atoms with van der Waals surface area (Å²) >= 11 is 3.10. The van der Waals surface area contributed by atoms with Crippen molar-refractivity contribution in [3.63, 3.8) is 0 Å². The van der Waals surface area contributed by atoms with Gasteiger partial charge in [-0.1, -0.05) is 6.07 Å². The molecule has 0 saturated carbocycles. The molecule has 0 saturated heterocycles. The lowest BCUT2D eigenvalue weighted by molar-refractivity contribution is 0.0992. The predicted octanol–water partition coefficient (Wildman–Crippen LogP) is 4.82. The molecule has 0 radical (unpaired) electrons. The number of hydrogen-bond acceptors (Lipinski definition) is 3. The van der Waals surface area contributed by atoms with Gasteiger partial charge in [-0.25, -0.2) is 8.78 Å². The van der Waals surface area contributed by atoms with Crippen LogP contribution in [0.25, 0.3) is 0 Å². The summed E-state index contributed by atoms with van der Waals surface area (Å²) in [5, 5.41) is 4.88. The van der Waals surface area contributed by atoms with E-state index in [1.807, 2.05) is 0 Å². The summed E-state index contributed by atoms with van der Waals surface area (Å²) in [4.78, 5) is 24.3. The molecule has 2 aromatic carbocycles. The van der Waals surface area contributed by atoms with Crippen molar-refractivity contribution in [2.45, 2.75) is 0 Å². The molecule has 8 heteroatoms. The Labute approximate surface area is 155 Å². The number of nitrogens with one attached hydrogen (secondary N) is 2. The van der Waals surface area contributed by atoms with Gasteiger partial charge in [-0.05, 0) is 58.4 Å². The maximum atomic E-state index is 13.6. The van der Waals surface area contributed by atoms with Gasteiger partial charge in [0.15, 0.2) is 10.4 Å². The van der Waals surface area contributed by atoms with Gasteiger partial charge in [-0.2, -0.15) is 0 Å². The molecule has 3 rings (SSSR count). The monoisotopic (exact) mass is 420 g/mol. The number of anilines is 2. The molecule has 0 aliphatic heterocycles. The Morgan fingerprint density at radius 1 is 0.923 bits per heavy atom. The number of halogens is 3. The highest BCUT2D eigenvalue weighted by molar-refractivity contribution is 9.10. The smallest absolute Gasteiger partial charge is 0.291 e. The molecule has 1 heterocycles. The van der Waals surface area contributed by atoms with Crippen LogP contribution >= 0.6 is 15.9 Å². The second kappa shape index (κ2) is 7.49. The number of carbonyl (C=O) groups is 2. The lowest BCUT2D eigenvalue weighted by atomic mass is 10.1. The van der Waals surface area contributed by atoms with Crippen LogP contribution in [0.15, 0.2) is 63.7 Å². The third kappa shape index (κ3) is 4.15. The van der Waals surface area contributed by atoms with Crippen LogP contribution in [0.1, 0.15) is 20.9 Å². The molecule has 3 aromatic rings. The summed E-state index contributed by atoms with van der Waals surface area (Å²) in [6, 6.07) is 11.8. The van der Waals surface area contributed by atoms with Gasteiger partial charge in [0.05, 0.1) is 5.69 Å². The largest absolute Gasteiger partial charge is 0.444 e. The molecule has 0 aliphatic rings. The van der Waals surface area contributed by atoms with Crippen molar-refractivity contribution in [1.29, 1.82) is 0 Å². The van der Waals surface area contributed by atoms with E-state index in [4.69, 9.17) is 4.42 Å². The topological polar surface area (TPSA) is 71.3 Å². The number of rotatable bonds is 4. The molecule has 0 unspecified atom stereocenters. The first-order valence-corrected chi connectivity index (χ1v) is 8.15. The van der Waals surface area contributed by atoms with Crippen LogP contribution in [0, 0.1) is 11.6 Å². The lowest BCUT2D eigenvalue weighted by Gasteiger charge is -2.08. The Kier molecular flexibility index (Phi) is 5.13. The minimum atomic E-state index is -0.757. The van der Waals surface area contributed by atoms with E-state index in [1.54, 1.807) is 18.2 Å². The quantitative estimate of drug-likeness (QED) is 0.635. The van der Waals surface area contributed by atoms with E-state index in [0.717, 1.165) is 18.2 Å². The number of furan rings is 1. The first kappa shape index (κ1) is 17.8. The van der Waals surface area contributed by atoms with Gasteiger partial charge in [0.2, 0.25) is 0 Å². The van der Waals surface area contributed by atoms with Gasteiger partial charge < -0.3 is 15.1 Å². The fourth-order valence-corrected chi connectivity index (χ4v) is 2.46. The van der Waals surface area contributed by atoms with E-state index in [0.29, 0.717) is 10.4 Å². The molecule has 0 aliphatic carbocycles. The fourth-order valence-electron chi connectivity index (χ4n) is 2.15. The second-order valence-electron chi connectivity index (χ2n) is 5.22. The normalized spacial score (nSPS) is 10.4. The minimum absolute atomic E-state index is 0.0913. The summed E-state index contributed by atoms with van der Waals surface area (Å²) in [5.41, 5.74) is 0.229. The summed E-state index contributed by atoms with van der Waals surface area (Å²) < 4.78 is 32.4. The van der Waals surface area contributed by atoms with Crippen molar-refractivity contribution in [1.82, 2.24) is 0 Å². The van der Waals surface area contributed by atoms with Gasteiger partial charge in [-0.3, -0.25) is 9.59 Å². The van der Waals surface area contributed by atoms with Gasteiger partial charge in [0.1, 0.15) is 11.6 Å². The highest BCUT2D eigenvalue weighted by Gasteiger charge is 2.13. The Morgan fingerprint density at radius 2 is 1.73 bits per heavy atom. The van der Waals surface area contributed by atoms with Crippen LogP contribution in [-0.4, -0.2) is 11.8 Å². The van der Waals surface area contributed by atoms with Crippen LogP contribution in [0.3, 0.4) is 0 Å². The van der Waals surface area contributed by atoms with Crippen molar-refractivity contribution in [2.24, 2.45) is 0 Å². The molecule has 2 N–H and O–H groups in total. The van der Waals surface area contributed by atoms with Gasteiger partial charge in [0.25, 0.3) is 11.8 Å². The SMILES string of the molecule is O=C(Nc1cc(F)ccc1F)c1cccc(NC(=O)c2ccc(Br)o2)c1. The molecular weight excluding hydrogens is 410 g/mol. The maximum Gasteiger partial charge on any atom is 0.291 e. The Bertz CT molecular complexity index is 988. The Morgan fingerprint density at radius 3 is 2.46 bits per heavy atom. The van der Waals surface area contributed by atoms with E-state index in [1.165, 1.54) is 18.2 Å². The highest BCUT2D eigenvalue weighted by Crippen LogP contribution is 2.19. The Balaban J connectivity index is 1.75. The zero-order valence-corrected chi connectivity index (χ0v) is 14.6. The molecule has 132 valence electrons. The molecule has 2 amide bonds. The molecule has 5 nitrogen and oxygen atoms in total. The molecule has 0 fully saturated rings. The zero-order chi connectivity index (χ0) is 18.7. The summed E-state index contributed by atoms with van der Waals surface area (Å²) in [7, 11) is 0. The van der Waals surface area contributed by atoms with E-state index < -0.39 is 23.4 Å². The average Bonchev–Trinajstić information content (AvgIpc) is 3.05. The van der Waals surface area contributed by atoms with Crippen molar-refractivity contribution in [3.05, 3.63) is 82.2 Å². The predicted molar refractivity (Wildman–Crippen MR) is 95.1 cm³/mol. The van der Waals surface area contributed by atoms with Crippen LogP contribution < -0.4 is 10.6 Å². The van der Waals surface area contributed by atoms with Crippen molar-refractivity contribution >= 4 is 39.1 Å². The van der Waals surface area contributed by atoms with Crippen LogP contribution in [0.2, 0.25) is 0 Å². The molecule has 0 spiro atoms. The maximum absolute atomic E-state index is 13.6. The number of carbonyl (C=O) groups excluding carboxylic acids is 2. The van der Waals surface area contributed by atoms with E-state index >= 15 is 0 Å². The highest BCUT2D eigenvalue weighted by atomic mass is 79.9. The first-order valence-electron chi connectivity index (χ1n) is 7.35. The van der Waals surface area contributed by atoms with Crippen LogP contribution in [-0.2, 0) is 0 Å².